The number of hydrazine groups is 1. The number of nitrogens with one attached hydrogen (secondary N) is 1. The molecule has 0 atom stereocenters. The molecule has 0 aromatic carbocycles. The number of nitrogen functional groups attached to an aromatic ring is 1. The van der Waals surface area contributed by atoms with Gasteiger partial charge in [0.05, 0.1) is 6.26 Å². The zero-order valence-corrected chi connectivity index (χ0v) is 10.5. The maximum atomic E-state index is 11.4. The fourth-order valence-corrected chi connectivity index (χ4v) is 1.87. The lowest BCUT2D eigenvalue weighted by molar-refractivity contribution is 0.0923. The van der Waals surface area contributed by atoms with Gasteiger partial charge in [-0.05, 0) is 32.0 Å². The van der Waals surface area contributed by atoms with E-state index in [9.17, 15) is 4.79 Å². The molecule has 5 heteroatoms. The summed E-state index contributed by atoms with van der Waals surface area (Å²) in [5, 5.41) is 0. The number of amides is 1. The van der Waals surface area contributed by atoms with Crippen LogP contribution in [0.25, 0.3) is 0 Å². The van der Waals surface area contributed by atoms with Gasteiger partial charge in [0.25, 0.3) is 0 Å². The molecule has 5 nitrogen and oxygen atoms in total. The van der Waals surface area contributed by atoms with E-state index in [2.05, 4.69) is 24.2 Å². The van der Waals surface area contributed by atoms with Gasteiger partial charge in [0.15, 0.2) is 5.76 Å². The average Bonchev–Trinajstić information content (AvgIpc) is 2.77. The largest absolute Gasteiger partial charge is 0.459 e. The van der Waals surface area contributed by atoms with E-state index >= 15 is 0 Å². The zero-order chi connectivity index (χ0) is 12.7. The van der Waals surface area contributed by atoms with Gasteiger partial charge in [0.1, 0.15) is 0 Å². The molecule has 0 fully saturated rings. The SMILES string of the molecule is CCCN(CCC)Cc1ccoc1C(=O)NN. The number of hydrogen-bond donors (Lipinski definition) is 2. The minimum Gasteiger partial charge on any atom is -0.459 e. The molecule has 0 aliphatic carbocycles. The van der Waals surface area contributed by atoms with E-state index in [1.54, 1.807) is 0 Å². The smallest absolute Gasteiger partial charge is 0.301 e. The normalized spacial score (nSPS) is 10.8. The van der Waals surface area contributed by atoms with Crippen LogP contribution >= 0.6 is 0 Å². The van der Waals surface area contributed by atoms with Crippen LogP contribution in [0.5, 0.6) is 0 Å². The molecule has 0 unspecified atom stereocenters. The van der Waals surface area contributed by atoms with Crippen molar-refractivity contribution >= 4 is 5.91 Å². The first-order valence-corrected chi connectivity index (χ1v) is 6.02. The second kappa shape index (κ2) is 7.09. The predicted molar refractivity (Wildman–Crippen MR) is 66.2 cm³/mol. The first-order chi connectivity index (χ1) is 8.22. The maximum Gasteiger partial charge on any atom is 0.301 e. The van der Waals surface area contributed by atoms with Crippen molar-refractivity contribution in [3.63, 3.8) is 0 Å². The van der Waals surface area contributed by atoms with Crippen molar-refractivity contribution in [2.24, 2.45) is 5.84 Å². The first kappa shape index (κ1) is 13.7. The van der Waals surface area contributed by atoms with Crippen LogP contribution in [-0.2, 0) is 6.54 Å². The molecule has 1 amide bonds. The van der Waals surface area contributed by atoms with Crippen molar-refractivity contribution < 1.29 is 9.21 Å². The quantitative estimate of drug-likeness (QED) is 0.430. The van der Waals surface area contributed by atoms with Crippen molar-refractivity contribution in [3.05, 3.63) is 23.7 Å². The van der Waals surface area contributed by atoms with Gasteiger partial charge in [-0.25, -0.2) is 5.84 Å². The third-order valence-electron chi connectivity index (χ3n) is 2.56. The van der Waals surface area contributed by atoms with Crippen molar-refractivity contribution in [1.82, 2.24) is 10.3 Å². The lowest BCUT2D eigenvalue weighted by atomic mass is 10.2. The third kappa shape index (κ3) is 3.87. The molecule has 1 aromatic rings. The molecule has 0 spiro atoms. The summed E-state index contributed by atoms with van der Waals surface area (Å²) in [7, 11) is 0. The summed E-state index contributed by atoms with van der Waals surface area (Å²) in [5.41, 5.74) is 2.98. The minimum absolute atomic E-state index is 0.310. The Bertz CT molecular complexity index is 343. The van der Waals surface area contributed by atoms with Crippen LogP contribution in [-0.4, -0.2) is 23.9 Å². The number of furan rings is 1. The summed E-state index contributed by atoms with van der Waals surface area (Å²) in [6, 6.07) is 1.82. The summed E-state index contributed by atoms with van der Waals surface area (Å²) in [4.78, 5) is 13.7. The molecule has 0 radical (unpaired) electrons. The maximum absolute atomic E-state index is 11.4. The van der Waals surface area contributed by atoms with Gasteiger partial charge in [-0.3, -0.25) is 15.1 Å². The Morgan fingerprint density at radius 1 is 1.41 bits per heavy atom. The topological polar surface area (TPSA) is 71.5 Å². The summed E-state index contributed by atoms with van der Waals surface area (Å²) in [5.74, 6) is 5.04. The lowest BCUT2D eigenvalue weighted by Gasteiger charge is -2.20. The Balaban J connectivity index is 2.71. The number of nitrogens with zero attached hydrogens (tertiary/aromatic N) is 1. The Kier molecular flexibility index (Phi) is 5.72. The predicted octanol–water partition coefficient (Wildman–Crippen LogP) is 1.51. The fourth-order valence-electron chi connectivity index (χ4n) is 1.87. The highest BCUT2D eigenvalue weighted by molar-refractivity contribution is 5.92. The van der Waals surface area contributed by atoms with Gasteiger partial charge in [-0.2, -0.15) is 0 Å². The van der Waals surface area contributed by atoms with E-state index in [1.807, 2.05) is 6.07 Å². The summed E-state index contributed by atoms with van der Waals surface area (Å²) in [6.07, 6.45) is 3.71. The minimum atomic E-state index is -0.377. The van der Waals surface area contributed by atoms with E-state index in [0.29, 0.717) is 5.76 Å². The zero-order valence-electron chi connectivity index (χ0n) is 10.5. The Hall–Kier alpha value is -1.33. The first-order valence-electron chi connectivity index (χ1n) is 6.02. The number of carbonyl (C=O) groups excluding carboxylic acids is 1. The molecule has 96 valence electrons. The molecule has 0 bridgehead atoms. The van der Waals surface area contributed by atoms with Gasteiger partial charge in [-0.1, -0.05) is 13.8 Å². The molecule has 0 saturated heterocycles. The van der Waals surface area contributed by atoms with Crippen molar-refractivity contribution in [2.45, 2.75) is 33.2 Å². The van der Waals surface area contributed by atoms with E-state index in [1.165, 1.54) is 6.26 Å². The van der Waals surface area contributed by atoms with Crippen LogP contribution in [0.2, 0.25) is 0 Å². The molecule has 1 rings (SSSR count). The van der Waals surface area contributed by atoms with Crippen LogP contribution in [0.3, 0.4) is 0 Å². The second-order valence-corrected chi connectivity index (χ2v) is 4.02. The third-order valence-corrected chi connectivity index (χ3v) is 2.56. The molecule has 1 aromatic heterocycles. The fraction of sp³-hybridized carbons (Fsp3) is 0.583. The van der Waals surface area contributed by atoms with Crippen LogP contribution in [0.15, 0.2) is 16.7 Å². The molecular formula is C12H21N3O2. The van der Waals surface area contributed by atoms with Gasteiger partial charge in [0, 0.05) is 12.1 Å². The second-order valence-electron chi connectivity index (χ2n) is 4.02. The van der Waals surface area contributed by atoms with E-state index in [0.717, 1.165) is 38.0 Å². The molecule has 0 saturated carbocycles. The highest BCUT2D eigenvalue weighted by Crippen LogP contribution is 2.13. The van der Waals surface area contributed by atoms with Crippen LogP contribution < -0.4 is 11.3 Å². The molecular weight excluding hydrogens is 218 g/mol. The molecule has 0 aliphatic heterocycles. The monoisotopic (exact) mass is 239 g/mol. The summed E-state index contributed by atoms with van der Waals surface area (Å²) >= 11 is 0. The average molecular weight is 239 g/mol. The van der Waals surface area contributed by atoms with Gasteiger partial charge >= 0.3 is 5.91 Å². The summed E-state index contributed by atoms with van der Waals surface area (Å²) < 4.78 is 5.16. The van der Waals surface area contributed by atoms with Gasteiger partial charge in [0.2, 0.25) is 0 Å². The van der Waals surface area contributed by atoms with E-state index in [4.69, 9.17) is 10.3 Å². The lowest BCUT2D eigenvalue weighted by Crippen LogP contribution is -2.31. The van der Waals surface area contributed by atoms with Gasteiger partial charge in [-0.15, -0.1) is 0 Å². The van der Waals surface area contributed by atoms with E-state index in [-0.39, 0.29) is 5.91 Å². The van der Waals surface area contributed by atoms with Crippen LogP contribution in [0, 0.1) is 0 Å². The Morgan fingerprint density at radius 2 is 2.06 bits per heavy atom. The van der Waals surface area contributed by atoms with Crippen LogP contribution in [0.4, 0.5) is 0 Å². The molecule has 0 aliphatic rings. The Morgan fingerprint density at radius 3 is 2.59 bits per heavy atom. The van der Waals surface area contributed by atoms with Crippen LogP contribution in [0.1, 0.15) is 42.8 Å². The Labute approximate surface area is 102 Å². The van der Waals surface area contributed by atoms with Gasteiger partial charge < -0.3 is 4.42 Å². The molecule has 3 N–H and O–H groups in total. The number of nitrogens with two attached hydrogens (primary N) is 1. The molecule has 1 heterocycles. The van der Waals surface area contributed by atoms with Crippen molar-refractivity contribution in [1.29, 1.82) is 0 Å². The van der Waals surface area contributed by atoms with Crippen molar-refractivity contribution in [3.8, 4) is 0 Å². The number of rotatable bonds is 7. The highest BCUT2D eigenvalue weighted by Gasteiger charge is 2.16. The van der Waals surface area contributed by atoms with Crippen molar-refractivity contribution in [2.75, 3.05) is 13.1 Å². The molecule has 17 heavy (non-hydrogen) atoms. The number of hydrogen-bond acceptors (Lipinski definition) is 4. The summed E-state index contributed by atoms with van der Waals surface area (Å²) in [6.45, 7) is 7.05. The highest BCUT2D eigenvalue weighted by atomic mass is 16.3. The number of carbonyl (C=O) groups is 1. The van der Waals surface area contributed by atoms with E-state index < -0.39 is 0 Å². The standard InChI is InChI=1S/C12H21N3O2/c1-3-6-15(7-4-2)9-10-5-8-17-11(10)12(16)14-13/h5,8H,3-4,6-7,9,13H2,1-2H3,(H,14,16).